The van der Waals surface area contributed by atoms with E-state index in [4.69, 9.17) is 4.52 Å². The number of hydrogen-bond donors (Lipinski definition) is 1. The van der Waals surface area contributed by atoms with Crippen LogP contribution in [-0.2, 0) is 11.2 Å². The largest absolute Gasteiger partial charge is 0.354 e. The van der Waals surface area contributed by atoms with E-state index < -0.39 is 0 Å². The Balaban J connectivity index is 1.27. The molecule has 0 spiro atoms. The van der Waals surface area contributed by atoms with E-state index in [9.17, 15) is 4.79 Å². The number of aryl methyl sites for hydroxylation is 1. The van der Waals surface area contributed by atoms with Crippen LogP contribution in [0.4, 0.5) is 11.5 Å². The zero-order chi connectivity index (χ0) is 20.1. The molecule has 29 heavy (non-hydrogen) atoms. The third kappa shape index (κ3) is 4.94. The van der Waals surface area contributed by atoms with Crippen LogP contribution in [0.5, 0.6) is 0 Å². The van der Waals surface area contributed by atoms with Gasteiger partial charge in [0, 0.05) is 57.0 Å². The average molecular weight is 393 g/mol. The summed E-state index contributed by atoms with van der Waals surface area (Å²) in [6, 6.07) is 7.44. The minimum Gasteiger partial charge on any atom is -0.354 e. The monoisotopic (exact) mass is 393 g/mol. The van der Waals surface area contributed by atoms with Crippen LogP contribution in [0.1, 0.15) is 12.3 Å². The van der Waals surface area contributed by atoms with E-state index in [-0.39, 0.29) is 12.3 Å². The molecule has 0 aromatic carbocycles. The molecule has 0 bridgehead atoms. The van der Waals surface area contributed by atoms with Gasteiger partial charge in [-0.15, -0.1) is 0 Å². The molecule has 0 saturated carbocycles. The second-order valence-electron chi connectivity index (χ2n) is 6.99. The summed E-state index contributed by atoms with van der Waals surface area (Å²) in [6.07, 6.45) is 5.65. The lowest BCUT2D eigenvalue weighted by Gasteiger charge is -2.33. The fourth-order valence-corrected chi connectivity index (χ4v) is 3.10. The summed E-state index contributed by atoms with van der Waals surface area (Å²) in [5.41, 5.74) is 1.50. The highest BCUT2D eigenvalue weighted by Crippen LogP contribution is 2.17. The van der Waals surface area contributed by atoms with E-state index in [0.29, 0.717) is 23.8 Å². The maximum absolute atomic E-state index is 12.2. The van der Waals surface area contributed by atoms with E-state index >= 15 is 0 Å². The van der Waals surface area contributed by atoms with Gasteiger partial charge in [-0.3, -0.25) is 9.78 Å². The lowest BCUT2D eigenvalue weighted by atomic mass is 10.2. The maximum atomic E-state index is 12.2. The topological polar surface area (TPSA) is 100 Å². The highest BCUT2D eigenvalue weighted by molar-refractivity contribution is 5.90. The van der Waals surface area contributed by atoms with Gasteiger partial charge in [0.1, 0.15) is 5.82 Å². The molecule has 9 nitrogen and oxygen atoms in total. The maximum Gasteiger partial charge on any atom is 0.227 e. The van der Waals surface area contributed by atoms with Crippen molar-refractivity contribution in [3.8, 4) is 11.4 Å². The molecule has 4 rings (SSSR count). The molecule has 3 aromatic heterocycles. The molecular formula is C20H23N7O2. The standard InChI is InChI=1S/C20H23N7O2/c1-26-10-12-27(13-11-26)17-3-2-16(14-22-17)23-18(28)4-5-19-24-20(25-29-19)15-6-8-21-9-7-15/h2-3,6-9,14H,4-5,10-13H2,1H3,(H,23,28). The highest BCUT2D eigenvalue weighted by atomic mass is 16.5. The lowest BCUT2D eigenvalue weighted by Crippen LogP contribution is -2.44. The van der Waals surface area contributed by atoms with Crippen molar-refractivity contribution < 1.29 is 9.32 Å². The molecule has 1 aliphatic rings. The first-order valence-corrected chi connectivity index (χ1v) is 9.60. The fourth-order valence-electron chi connectivity index (χ4n) is 3.10. The molecule has 0 unspecified atom stereocenters. The Kier molecular flexibility index (Phi) is 5.76. The Labute approximate surface area is 168 Å². The molecule has 0 radical (unpaired) electrons. The van der Waals surface area contributed by atoms with Gasteiger partial charge in [0.15, 0.2) is 0 Å². The first kappa shape index (κ1) is 19.0. The average Bonchev–Trinajstić information content (AvgIpc) is 3.23. The number of aromatic nitrogens is 4. The van der Waals surface area contributed by atoms with Gasteiger partial charge in [0.2, 0.25) is 17.6 Å². The zero-order valence-electron chi connectivity index (χ0n) is 16.3. The summed E-state index contributed by atoms with van der Waals surface area (Å²) in [4.78, 5) is 29.6. The number of rotatable bonds is 6. The number of likely N-dealkylation sites (N-methyl/N-ethyl adjacent to an activating group) is 1. The predicted molar refractivity (Wildman–Crippen MR) is 108 cm³/mol. The van der Waals surface area contributed by atoms with E-state index in [0.717, 1.165) is 37.6 Å². The van der Waals surface area contributed by atoms with E-state index in [2.05, 4.69) is 42.3 Å². The zero-order valence-corrected chi connectivity index (χ0v) is 16.3. The molecular weight excluding hydrogens is 370 g/mol. The second kappa shape index (κ2) is 8.78. The van der Waals surface area contributed by atoms with Crippen LogP contribution in [0, 0.1) is 0 Å². The third-order valence-electron chi connectivity index (χ3n) is 4.83. The van der Waals surface area contributed by atoms with Crippen LogP contribution >= 0.6 is 0 Å². The van der Waals surface area contributed by atoms with E-state index in [1.54, 1.807) is 30.7 Å². The fraction of sp³-hybridized carbons (Fsp3) is 0.350. The summed E-state index contributed by atoms with van der Waals surface area (Å²) >= 11 is 0. The van der Waals surface area contributed by atoms with Crippen molar-refractivity contribution in [2.45, 2.75) is 12.8 Å². The van der Waals surface area contributed by atoms with Crippen molar-refractivity contribution in [2.24, 2.45) is 0 Å². The normalized spacial score (nSPS) is 14.7. The van der Waals surface area contributed by atoms with Crippen LogP contribution in [0.2, 0.25) is 0 Å². The Morgan fingerprint density at radius 2 is 1.93 bits per heavy atom. The van der Waals surface area contributed by atoms with Gasteiger partial charge >= 0.3 is 0 Å². The van der Waals surface area contributed by atoms with Crippen molar-refractivity contribution >= 4 is 17.4 Å². The molecule has 1 amide bonds. The summed E-state index contributed by atoms with van der Waals surface area (Å²) in [6.45, 7) is 3.97. The van der Waals surface area contributed by atoms with E-state index in [1.165, 1.54) is 0 Å². The van der Waals surface area contributed by atoms with Crippen molar-refractivity contribution in [2.75, 3.05) is 43.4 Å². The Morgan fingerprint density at radius 1 is 1.14 bits per heavy atom. The van der Waals surface area contributed by atoms with Crippen LogP contribution < -0.4 is 10.2 Å². The summed E-state index contributed by atoms with van der Waals surface area (Å²) < 4.78 is 5.23. The molecule has 150 valence electrons. The van der Waals surface area contributed by atoms with Gasteiger partial charge in [-0.1, -0.05) is 5.16 Å². The molecule has 4 heterocycles. The second-order valence-corrected chi connectivity index (χ2v) is 6.99. The number of hydrogen-bond acceptors (Lipinski definition) is 8. The van der Waals surface area contributed by atoms with Gasteiger partial charge < -0.3 is 19.6 Å². The number of nitrogens with one attached hydrogen (secondary N) is 1. The van der Waals surface area contributed by atoms with Crippen LogP contribution in [-0.4, -0.2) is 64.1 Å². The smallest absolute Gasteiger partial charge is 0.227 e. The van der Waals surface area contributed by atoms with Crippen LogP contribution in [0.15, 0.2) is 47.4 Å². The number of pyridine rings is 2. The number of carbonyl (C=O) groups excluding carboxylic acids is 1. The van der Waals surface area contributed by atoms with Crippen molar-refractivity contribution in [3.05, 3.63) is 48.7 Å². The van der Waals surface area contributed by atoms with Crippen molar-refractivity contribution in [1.29, 1.82) is 0 Å². The van der Waals surface area contributed by atoms with Crippen LogP contribution in [0.3, 0.4) is 0 Å². The van der Waals surface area contributed by atoms with E-state index in [1.807, 2.05) is 12.1 Å². The molecule has 1 N–H and O–H groups in total. The summed E-state index contributed by atoms with van der Waals surface area (Å²) in [5, 5.41) is 6.81. The first-order valence-electron chi connectivity index (χ1n) is 9.60. The van der Waals surface area contributed by atoms with Gasteiger partial charge in [0.05, 0.1) is 11.9 Å². The lowest BCUT2D eigenvalue weighted by molar-refractivity contribution is -0.116. The Morgan fingerprint density at radius 3 is 2.66 bits per heavy atom. The Hall–Kier alpha value is -3.33. The highest BCUT2D eigenvalue weighted by Gasteiger charge is 2.15. The number of anilines is 2. The summed E-state index contributed by atoms with van der Waals surface area (Å²) in [5.74, 6) is 1.73. The number of piperazine rings is 1. The summed E-state index contributed by atoms with van der Waals surface area (Å²) in [7, 11) is 2.12. The van der Waals surface area contributed by atoms with Gasteiger partial charge in [0.25, 0.3) is 0 Å². The quantitative estimate of drug-likeness (QED) is 0.677. The number of amides is 1. The van der Waals surface area contributed by atoms with Crippen molar-refractivity contribution in [1.82, 2.24) is 25.0 Å². The molecule has 0 atom stereocenters. The molecule has 3 aromatic rings. The first-order chi connectivity index (χ1) is 14.2. The predicted octanol–water partition coefficient (Wildman–Crippen LogP) is 1.85. The third-order valence-corrected chi connectivity index (χ3v) is 4.83. The molecule has 9 heteroatoms. The molecule has 1 aliphatic heterocycles. The molecule has 0 aliphatic carbocycles. The van der Waals surface area contributed by atoms with Gasteiger partial charge in [-0.25, -0.2) is 4.98 Å². The van der Waals surface area contributed by atoms with Crippen molar-refractivity contribution in [3.63, 3.8) is 0 Å². The van der Waals surface area contributed by atoms with Gasteiger partial charge in [-0.2, -0.15) is 4.98 Å². The number of nitrogens with zero attached hydrogens (tertiary/aromatic N) is 6. The van der Waals surface area contributed by atoms with Gasteiger partial charge in [-0.05, 0) is 31.3 Å². The number of carbonyl (C=O) groups is 1. The SMILES string of the molecule is CN1CCN(c2ccc(NC(=O)CCc3nc(-c4ccncc4)no3)cn2)CC1. The Bertz CT molecular complexity index is 935. The van der Waals surface area contributed by atoms with Crippen LogP contribution in [0.25, 0.3) is 11.4 Å². The minimum atomic E-state index is -0.122. The molecule has 1 saturated heterocycles. The molecule has 1 fully saturated rings. The minimum absolute atomic E-state index is 0.122.